The van der Waals surface area contributed by atoms with E-state index in [-0.39, 0.29) is 5.41 Å². The maximum absolute atomic E-state index is 5.31. The van der Waals surface area contributed by atoms with Crippen LogP contribution in [0, 0.1) is 0 Å². The molecule has 0 aromatic carbocycles. The minimum Gasteiger partial charge on any atom is -0.368 e. The van der Waals surface area contributed by atoms with E-state index in [0.717, 1.165) is 16.8 Å². The highest BCUT2D eigenvalue weighted by molar-refractivity contribution is 9.10. The Morgan fingerprint density at radius 2 is 2.26 bits per heavy atom. The van der Waals surface area contributed by atoms with Crippen LogP contribution < -0.4 is 16.6 Å². The lowest BCUT2D eigenvalue weighted by molar-refractivity contribution is 0.568. The van der Waals surface area contributed by atoms with Crippen molar-refractivity contribution in [1.29, 1.82) is 0 Å². The summed E-state index contributed by atoms with van der Waals surface area (Å²) in [6.45, 7) is 5.17. The van der Waals surface area contributed by atoms with Gasteiger partial charge in [-0.25, -0.2) is 10.8 Å². The highest BCUT2D eigenvalue weighted by Crippen LogP contribution is 2.28. The summed E-state index contributed by atoms with van der Waals surface area (Å²) < 4.78 is 0.813. The average molecular weight is 342 g/mol. The monoisotopic (exact) mass is 341 g/mol. The number of anilines is 2. The minimum atomic E-state index is 0.0366. The van der Waals surface area contributed by atoms with Crippen LogP contribution in [-0.4, -0.2) is 16.5 Å². The molecule has 2 aromatic rings. The summed E-state index contributed by atoms with van der Waals surface area (Å²) in [6, 6.07) is 4.22. The van der Waals surface area contributed by atoms with Crippen LogP contribution in [0.5, 0.6) is 0 Å². The summed E-state index contributed by atoms with van der Waals surface area (Å²) in [6.07, 6.45) is 1.67. The first kappa shape index (κ1) is 14.2. The number of nitrogens with zero attached hydrogens (tertiary/aromatic N) is 2. The average Bonchev–Trinajstić information content (AvgIpc) is 2.92. The molecule has 0 atom stereocenters. The second-order valence-corrected chi connectivity index (χ2v) is 6.55. The van der Waals surface area contributed by atoms with Crippen molar-refractivity contribution in [2.45, 2.75) is 19.3 Å². The maximum atomic E-state index is 5.31. The van der Waals surface area contributed by atoms with Gasteiger partial charge in [0.15, 0.2) is 0 Å². The summed E-state index contributed by atoms with van der Waals surface area (Å²) in [4.78, 5) is 9.63. The van der Waals surface area contributed by atoms with Crippen molar-refractivity contribution in [1.82, 2.24) is 9.97 Å². The maximum Gasteiger partial charge on any atom is 0.239 e. The molecule has 0 saturated carbocycles. The molecule has 0 aliphatic rings. The van der Waals surface area contributed by atoms with Gasteiger partial charge in [0.05, 0.1) is 4.47 Å². The Morgan fingerprint density at radius 1 is 1.47 bits per heavy atom. The van der Waals surface area contributed by atoms with Gasteiger partial charge < -0.3 is 5.32 Å². The van der Waals surface area contributed by atoms with Crippen LogP contribution in [0.4, 0.5) is 11.8 Å². The molecule has 5 nitrogen and oxygen atoms in total. The molecule has 19 heavy (non-hydrogen) atoms. The lowest BCUT2D eigenvalue weighted by atomic mass is 9.91. The van der Waals surface area contributed by atoms with Crippen LogP contribution in [0.1, 0.15) is 18.7 Å². The third-order valence-corrected chi connectivity index (χ3v) is 4.58. The molecule has 0 saturated heterocycles. The van der Waals surface area contributed by atoms with Crippen molar-refractivity contribution in [3.8, 4) is 0 Å². The fourth-order valence-corrected chi connectivity index (χ4v) is 2.80. The topological polar surface area (TPSA) is 75.9 Å². The number of nitrogens with one attached hydrogen (secondary N) is 2. The van der Waals surface area contributed by atoms with E-state index in [4.69, 9.17) is 5.84 Å². The summed E-state index contributed by atoms with van der Waals surface area (Å²) >= 11 is 5.18. The predicted octanol–water partition coefficient (Wildman–Crippen LogP) is 2.98. The van der Waals surface area contributed by atoms with Crippen LogP contribution in [-0.2, 0) is 5.41 Å². The highest BCUT2D eigenvalue weighted by atomic mass is 79.9. The van der Waals surface area contributed by atoms with E-state index in [9.17, 15) is 0 Å². The zero-order chi connectivity index (χ0) is 13.9. The van der Waals surface area contributed by atoms with Crippen molar-refractivity contribution in [2.24, 2.45) is 5.84 Å². The Kier molecular flexibility index (Phi) is 4.38. The quantitative estimate of drug-likeness (QED) is 0.575. The fourth-order valence-electron chi connectivity index (χ4n) is 1.62. The van der Waals surface area contributed by atoms with E-state index >= 15 is 0 Å². The zero-order valence-electron chi connectivity index (χ0n) is 10.8. The molecular weight excluding hydrogens is 326 g/mol. The van der Waals surface area contributed by atoms with Crippen molar-refractivity contribution >= 4 is 39.0 Å². The first-order valence-electron chi connectivity index (χ1n) is 5.80. The molecule has 102 valence electrons. The van der Waals surface area contributed by atoms with Crippen molar-refractivity contribution in [2.75, 3.05) is 17.3 Å². The van der Waals surface area contributed by atoms with Gasteiger partial charge in [0.25, 0.3) is 0 Å². The molecule has 0 unspecified atom stereocenters. The van der Waals surface area contributed by atoms with E-state index < -0.39 is 0 Å². The van der Waals surface area contributed by atoms with Gasteiger partial charge in [0.1, 0.15) is 5.82 Å². The predicted molar refractivity (Wildman–Crippen MR) is 83.4 cm³/mol. The second-order valence-electron chi connectivity index (χ2n) is 4.75. The van der Waals surface area contributed by atoms with Gasteiger partial charge in [-0.3, -0.25) is 5.43 Å². The molecule has 0 spiro atoms. The lowest BCUT2D eigenvalue weighted by Crippen LogP contribution is -2.27. The van der Waals surface area contributed by atoms with Crippen molar-refractivity contribution in [3.05, 3.63) is 33.1 Å². The minimum absolute atomic E-state index is 0.0366. The van der Waals surface area contributed by atoms with E-state index in [1.54, 1.807) is 17.5 Å². The molecule has 0 fully saturated rings. The number of aromatic nitrogens is 2. The number of rotatable bonds is 5. The molecule has 0 aliphatic carbocycles. The molecule has 7 heteroatoms. The normalized spacial score (nSPS) is 11.4. The first-order chi connectivity index (χ1) is 9.03. The summed E-state index contributed by atoms with van der Waals surface area (Å²) in [7, 11) is 0. The summed E-state index contributed by atoms with van der Waals surface area (Å²) in [5.41, 5.74) is 2.47. The molecule has 0 radical (unpaired) electrons. The third kappa shape index (κ3) is 3.43. The second kappa shape index (κ2) is 5.85. The number of hydrogen-bond donors (Lipinski definition) is 3. The van der Waals surface area contributed by atoms with Crippen molar-refractivity contribution < 1.29 is 0 Å². The van der Waals surface area contributed by atoms with Crippen LogP contribution in [0.3, 0.4) is 0 Å². The number of nitrogens with two attached hydrogens (primary N) is 1. The molecule has 2 rings (SSSR count). The standard InChI is InChI=1S/C12H16BrN5S/c1-12(2,9-4-3-5-19-9)7-16-10-8(13)6-15-11(17-10)18-14/h3-6H,7,14H2,1-2H3,(H2,15,16,17,18). The number of nitrogen functional groups attached to an aromatic ring is 1. The third-order valence-electron chi connectivity index (χ3n) is 2.76. The van der Waals surface area contributed by atoms with E-state index in [1.165, 1.54) is 4.88 Å². The van der Waals surface area contributed by atoms with Crippen LogP contribution in [0.15, 0.2) is 28.2 Å². The van der Waals surface area contributed by atoms with Gasteiger partial charge in [-0.2, -0.15) is 4.98 Å². The molecule has 2 aromatic heterocycles. The van der Waals surface area contributed by atoms with Gasteiger partial charge in [-0.15, -0.1) is 11.3 Å². The van der Waals surface area contributed by atoms with Gasteiger partial charge in [0, 0.05) is 23.0 Å². The van der Waals surface area contributed by atoms with E-state index in [1.807, 2.05) is 0 Å². The van der Waals surface area contributed by atoms with Gasteiger partial charge >= 0.3 is 0 Å². The van der Waals surface area contributed by atoms with E-state index in [0.29, 0.717) is 5.95 Å². The van der Waals surface area contributed by atoms with Crippen LogP contribution >= 0.6 is 27.3 Å². The smallest absolute Gasteiger partial charge is 0.239 e. The summed E-state index contributed by atoms with van der Waals surface area (Å²) in [5, 5.41) is 5.42. The Labute approximate surface area is 124 Å². The van der Waals surface area contributed by atoms with Crippen LogP contribution in [0.25, 0.3) is 0 Å². The molecule has 0 amide bonds. The Hall–Kier alpha value is -1.18. The molecule has 4 N–H and O–H groups in total. The Morgan fingerprint density at radius 3 is 2.89 bits per heavy atom. The zero-order valence-corrected chi connectivity index (χ0v) is 13.2. The Bertz CT molecular complexity index is 541. The number of thiophene rings is 1. The number of halogens is 1. The number of hydrazine groups is 1. The summed E-state index contributed by atoms with van der Waals surface area (Å²) in [5.74, 6) is 6.43. The highest BCUT2D eigenvalue weighted by Gasteiger charge is 2.22. The molecule has 0 bridgehead atoms. The fraction of sp³-hybridized carbons (Fsp3) is 0.333. The molecule has 2 heterocycles. The van der Waals surface area contributed by atoms with Crippen molar-refractivity contribution in [3.63, 3.8) is 0 Å². The van der Waals surface area contributed by atoms with E-state index in [2.05, 4.69) is 68.0 Å². The van der Waals surface area contributed by atoms with Crippen LogP contribution in [0.2, 0.25) is 0 Å². The van der Waals surface area contributed by atoms with Gasteiger partial charge in [-0.05, 0) is 27.4 Å². The van der Waals surface area contributed by atoms with Gasteiger partial charge in [0.2, 0.25) is 5.95 Å². The number of hydrogen-bond acceptors (Lipinski definition) is 6. The Balaban J connectivity index is 2.10. The molecular formula is C12H16BrN5S. The SMILES string of the molecule is CC(C)(CNc1nc(NN)ncc1Br)c1cccs1. The lowest BCUT2D eigenvalue weighted by Gasteiger charge is -2.24. The molecule has 0 aliphatic heterocycles. The largest absolute Gasteiger partial charge is 0.368 e. The first-order valence-corrected chi connectivity index (χ1v) is 7.47. The van der Waals surface area contributed by atoms with Gasteiger partial charge in [-0.1, -0.05) is 19.9 Å².